The molecule has 0 amide bonds. The summed E-state index contributed by atoms with van der Waals surface area (Å²) >= 11 is 2.21. The van der Waals surface area contributed by atoms with Crippen LogP contribution in [0.2, 0.25) is 0 Å². The number of pyridine rings is 1. The van der Waals surface area contributed by atoms with Gasteiger partial charge in [-0.15, -0.1) is 0 Å². The van der Waals surface area contributed by atoms with Crippen molar-refractivity contribution in [1.82, 2.24) is 18.7 Å². The van der Waals surface area contributed by atoms with Crippen LogP contribution in [-0.2, 0) is 41.0 Å². The van der Waals surface area contributed by atoms with Crippen LogP contribution in [0, 0.1) is 9.22 Å². The summed E-state index contributed by atoms with van der Waals surface area (Å²) in [6.07, 6.45) is 1.91. The Kier molecular flexibility index (Phi) is 8.46. The van der Waals surface area contributed by atoms with Crippen LogP contribution in [0.3, 0.4) is 0 Å². The SMILES string of the molecule is [2H]c1c([2H])c([2H])c(-c2cc(C(C)(C)C)cc(-c3c([2H])c([2H])c([2H])c([2H])c3[2H])c2-n2[c](=[Pt])n(-c3cccc(Oc4ccc5c6ccc7c(c6n(-c6cc(C(C)(C)C)ccn6)c5c4)C(C)(C)C(C)(C)C7(C)C)c3)c3ccccc32)c([2H])c1[2H]. The van der Waals surface area contributed by atoms with E-state index in [2.05, 4.69) is 123 Å². The van der Waals surface area contributed by atoms with Gasteiger partial charge in [0.1, 0.15) is 0 Å². The molecule has 0 bridgehead atoms. The van der Waals surface area contributed by atoms with Gasteiger partial charge in [-0.05, 0) is 38.9 Å². The topological polar surface area (TPSA) is 36.9 Å². The molecule has 0 fully saturated rings. The molecule has 0 saturated heterocycles. The number of nitrogens with zero attached hydrogens (tertiary/aromatic N) is 4. The van der Waals surface area contributed by atoms with Gasteiger partial charge >= 0.3 is 333 Å². The molecular formula is C65H64N4OPt. The number of hydrogen-bond donors (Lipinski definition) is 0. The van der Waals surface area contributed by atoms with Crippen molar-refractivity contribution < 1.29 is 37.8 Å². The summed E-state index contributed by atoms with van der Waals surface area (Å²) in [7, 11) is 0. The molecule has 0 N–H and O–H groups in total. The average Bonchev–Trinajstić information content (AvgIpc) is 2.12. The molecule has 3 aromatic heterocycles. The van der Waals surface area contributed by atoms with Crippen molar-refractivity contribution in [2.75, 3.05) is 0 Å². The number of para-hydroxylation sites is 2. The van der Waals surface area contributed by atoms with Crippen molar-refractivity contribution in [3.63, 3.8) is 0 Å². The Morgan fingerprint density at radius 2 is 1.14 bits per heavy atom. The molecule has 10 aromatic rings. The third-order valence-corrected chi connectivity index (χ3v) is 16.9. The Bertz CT molecular complexity index is 4270. The molecule has 5 nitrogen and oxygen atoms in total. The van der Waals surface area contributed by atoms with E-state index in [9.17, 15) is 5.48 Å². The first-order valence-corrected chi connectivity index (χ1v) is 25.3. The standard InChI is InChI=1S/C65H64N4O.Pt/c1-61(2,3)44-34-35-66-57(38-44)69-56-40-48(30-31-49(56)50-32-33-53-58(60(50)69)64(9,10)65(11,12)63(53,7)8)70-47-27-21-26-46(39-47)67-41-68(55-29-20-19-28-54(55)67)59-51(42-22-15-13-16-23-42)36-45(62(4,5)6)37-52(59)43-24-17-14-18-25-43;/h13-40H,1-12H3;/i13D,14D,15D,16D,17D,18D,22D,23D,24D,25D;. The fraction of sp³-hybridized carbons (Fsp3) is 0.262. The van der Waals surface area contributed by atoms with E-state index in [1.807, 2.05) is 90.7 Å². The van der Waals surface area contributed by atoms with Crippen molar-refractivity contribution >= 4 is 32.8 Å². The van der Waals surface area contributed by atoms with E-state index in [4.69, 9.17) is 17.9 Å². The minimum atomic E-state index is -0.629. The van der Waals surface area contributed by atoms with Crippen LogP contribution in [0.15, 0.2) is 170 Å². The monoisotopic (exact) mass is 1120 g/mol. The number of rotatable bonds is 7. The first kappa shape index (κ1) is 36.4. The van der Waals surface area contributed by atoms with Crippen molar-refractivity contribution in [2.24, 2.45) is 5.41 Å². The molecule has 71 heavy (non-hydrogen) atoms. The predicted octanol–water partition coefficient (Wildman–Crippen LogP) is 17.3. The van der Waals surface area contributed by atoms with Gasteiger partial charge in [-0.2, -0.15) is 0 Å². The molecule has 11 rings (SSSR count). The Labute approximate surface area is 444 Å². The fourth-order valence-electron chi connectivity index (χ4n) is 10.8. The van der Waals surface area contributed by atoms with Gasteiger partial charge < -0.3 is 0 Å². The second-order valence-electron chi connectivity index (χ2n) is 22.6. The summed E-state index contributed by atoms with van der Waals surface area (Å²) in [5.74, 6) is 1.98. The molecule has 3 heterocycles. The van der Waals surface area contributed by atoms with Crippen LogP contribution in [0.4, 0.5) is 0 Å². The molecule has 0 saturated carbocycles. The molecule has 0 spiro atoms. The van der Waals surface area contributed by atoms with E-state index in [1.54, 1.807) is 12.1 Å². The van der Waals surface area contributed by atoms with E-state index in [-0.39, 0.29) is 49.6 Å². The summed E-state index contributed by atoms with van der Waals surface area (Å²) in [4.78, 5) is 5.09. The van der Waals surface area contributed by atoms with Crippen molar-refractivity contribution in [1.29, 1.82) is 0 Å². The minimum absolute atomic E-state index is 0.0871. The molecule has 7 aromatic carbocycles. The third-order valence-electron chi connectivity index (χ3n) is 15.9. The van der Waals surface area contributed by atoms with Crippen molar-refractivity contribution in [2.45, 2.75) is 105 Å². The van der Waals surface area contributed by atoms with Crippen molar-refractivity contribution in [3.05, 3.63) is 196 Å². The first-order valence-electron chi connectivity index (χ1n) is 29.2. The van der Waals surface area contributed by atoms with Gasteiger partial charge in [0, 0.05) is 6.20 Å². The van der Waals surface area contributed by atoms with Crippen LogP contribution in [0.1, 0.15) is 119 Å². The molecule has 0 atom stereocenters. The summed E-state index contributed by atoms with van der Waals surface area (Å²) in [5, 5.41) is 2.22. The molecular weight excluding hydrogens is 1050 g/mol. The summed E-state index contributed by atoms with van der Waals surface area (Å²) in [5.41, 5.74) is 7.95. The second-order valence-corrected chi connectivity index (χ2v) is 23.6. The maximum atomic E-state index is 9.35. The van der Waals surface area contributed by atoms with Gasteiger partial charge in [0.2, 0.25) is 0 Å². The Hall–Kier alpha value is -6.55. The zero-order valence-electron chi connectivity index (χ0n) is 52.4. The molecule has 0 unspecified atom stereocenters. The van der Waals surface area contributed by atoms with E-state index in [0.717, 1.165) is 33.1 Å². The van der Waals surface area contributed by atoms with Crippen LogP contribution >= 0.6 is 0 Å². The van der Waals surface area contributed by atoms with Crippen LogP contribution < -0.4 is 4.74 Å². The molecule has 0 aliphatic heterocycles. The average molecular weight is 1120 g/mol. The normalized spacial score (nSPS) is 17.2. The van der Waals surface area contributed by atoms with Gasteiger partial charge in [0.15, 0.2) is 0 Å². The van der Waals surface area contributed by atoms with E-state index in [1.165, 1.54) is 16.7 Å². The maximum absolute atomic E-state index is 9.35. The first-order chi connectivity index (χ1) is 37.8. The van der Waals surface area contributed by atoms with Gasteiger partial charge in [-0.1, -0.05) is 68.4 Å². The Morgan fingerprint density at radius 3 is 1.76 bits per heavy atom. The summed E-state index contributed by atoms with van der Waals surface area (Å²) < 4.78 is 104. The molecule has 0 radical (unpaired) electrons. The number of ether oxygens (including phenoxy) is 1. The number of hydrogen-bond acceptors (Lipinski definition) is 2. The predicted molar refractivity (Wildman–Crippen MR) is 293 cm³/mol. The Balaban J connectivity index is 1.14. The number of fused-ring (bicyclic) bond motifs is 6. The quantitative estimate of drug-likeness (QED) is 0.159. The zero-order chi connectivity index (χ0) is 58.7. The van der Waals surface area contributed by atoms with Crippen LogP contribution in [0.5, 0.6) is 11.5 Å². The van der Waals surface area contributed by atoms with Gasteiger partial charge in [-0.25, -0.2) is 0 Å². The van der Waals surface area contributed by atoms with Crippen molar-refractivity contribution in [3.8, 4) is 50.9 Å². The van der Waals surface area contributed by atoms with Gasteiger partial charge in [0.25, 0.3) is 0 Å². The molecule has 1 aliphatic rings. The number of aromatic nitrogens is 4. The number of imidazole rings is 1. The van der Waals surface area contributed by atoms with Crippen LogP contribution in [0.25, 0.3) is 72.3 Å². The summed E-state index contributed by atoms with van der Waals surface area (Å²) in [6.45, 7) is 26.8. The summed E-state index contributed by atoms with van der Waals surface area (Å²) in [6, 6.07) is 29.1. The van der Waals surface area contributed by atoms with Crippen LogP contribution in [-0.4, -0.2) is 18.7 Å². The van der Waals surface area contributed by atoms with E-state index >= 15 is 0 Å². The van der Waals surface area contributed by atoms with E-state index < -0.39 is 65.8 Å². The Morgan fingerprint density at radius 1 is 0.549 bits per heavy atom. The second kappa shape index (κ2) is 16.5. The molecule has 360 valence electrons. The number of benzene rings is 7. The van der Waals surface area contributed by atoms with E-state index in [0.29, 0.717) is 32.1 Å². The van der Waals surface area contributed by atoms with Gasteiger partial charge in [-0.3, -0.25) is 0 Å². The molecule has 6 heteroatoms. The third kappa shape index (κ3) is 7.36. The fourth-order valence-corrected chi connectivity index (χ4v) is 11.9. The zero-order valence-corrected chi connectivity index (χ0v) is 44.7. The molecule has 1 aliphatic carbocycles. The van der Waals surface area contributed by atoms with Gasteiger partial charge in [0.05, 0.1) is 0 Å².